The molecule has 122 valence electrons. The highest BCUT2D eigenvalue weighted by Crippen LogP contribution is 2.12. The number of aromatic amines is 1. The molecule has 0 spiro atoms. The average molecular weight is 331 g/mol. The first-order valence-corrected chi connectivity index (χ1v) is 7.83. The fourth-order valence-corrected chi connectivity index (χ4v) is 2.82. The van der Waals surface area contributed by atoms with Crippen LogP contribution in [0.2, 0.25) is 0 Å². The highest BCUT2D eigenvalue weighted by molar-refractivity contribution is 5.74. The Morgan fingerprint density at radius 1 is 0.760 bits per heavy atom. The van der Waals surface area contributed by atoms with Crippen LogP contribution in [0.25, 0.3) is 22.1 Å². The zero-order valence-electron chi connectivity index (χ0n) is 13.1. The minimum absolute atomic E-state index is 0.453. The maximum Gasteiger partial charge on any atom is 0.172 e. The van der Waals surface area contributed by atoms with Crippen LogP contribution in [0.1, 0.15) is 11.6 Å². The van der Waals surface area contributed by atoms with Gasteiger partial charge in [-0.1, -0.05) is 34.7 Å². The molecule has 2 aromatic carbocycles. The molecular weight excluding hydrogens is 318 g/mol. The summed E-state index contributed by atoms with van der Waals surface area (Å²) in [5.74, 6) is 1.37. The Morgan fingerprint density at radius 2 is 1.36 bits per heavy atom. The van der Waals surface area contributed by atoms with E-state index in [0.29, 0.717) is 18.9 Å². The Hall–Kier alpha value is -3.62. The average Bonchev–Trinajstić information content (AvgIpc) is 3.36. The Morgan fingerprint density at radius 3 is 2.04 bits per heavy atom. The number of nitrogens with one attached hydrogen (secondary N) is 1. The summed E-state index contributed by atoms with van der Waals surface area (Å²) in [6.45, 7) is 0.931. The first-order chi connectivity index (χ1) is 12.4. The topological polar surface area (TPSA) is 103 Å². The molecule has 5 rings (SSSR count). The lowest BCUT2D eigenvalue weighted by atomic mass is 10.3. The van der Waals surface area contributed by atoms with Crippen LogP contribution in [0.4, 0.5) is 0 Å². The number of hydrogen-bond acceptors (Lipinski definition) is 6. The Labute approximate surface area is 141 Å². The van der Waals surface area contributed by atoms with Gasteiger partial charge in [0.05, 0.1) is 11.0 Å². The third-order valence-corrected chi connectivity index (χ3v) is 4.01. The monoisotopic (exact) mass is 331 g/mol. The molecule has 9 nitrogen and oxygen atoms in total. The maximum atomic E-state index is 4.53. The summed E-state index contributed by atoms with van der Waals surface area (Å²) in [5, 5.41) is 23.8. The minimum Gasteiger partial charge on any atom is -0.261 e. The standard InChI is InChI=1S/C16H13N9/c1-3-7-13-11(5-1)18-22-24(13)9-15-17-16(21-20-15)10-25-14-8-4-2-6-12(14)19-23-25/h1-8H,9-10H2,(H,17,20,21). The third kappa shape index (κ3) is 2.42. The van der Waals surface area contributed by atoms with Gasteiger partial charge in [0.15, 0.2) is 5.82 Å². The summed E-state index contributed by atoms with van der Waals surface area (Å²) in [5.41, 5.74) is 3.63. The van der Waals surface area contributed by atoms with Crippen molar-refractivity contribution in [3.8, 4) is 0 Å². The Bertz CT molecular complexity index is 1080. The number of para-hydroxylation sites is 2. The van der Waals surface area contributed by atoms with Gasteiger partial charge < -0.3 is 0 Å². The second-order valence-corrected chi connectivity index (χ2v) is 5.67. The van der Waals surface area contributed by atoms with Crippen LogP contribution in [-0.2, 0) is 13.1 Å². The van der Waals surface area contributed by atoms with Gasteiger partial charge in [0.25, 0.3) is 0 Å². The number of nitrogens with zero attached hydrogens (tertiary/aromatic N) is 8. The molecule has 0 aliphatic carbocycles. The second-order valence-electron chi connectivity index (χ2n) is 5.67. The summed E-state index contributed by atoms with van der Waals surface area (Å²) in [4.78, 5) is 4.53. The van der Waals surface area contributed by atoms with Crippen molar-refractivity contribution in [3.05, 3.63) is 60.2 Å². The predicted molar refractivity (Wildman–Crippen MR) is 89.6 cm³/mol. The molecule has 0 aliphatic heterocycles. The fourth-order valence-electron chi connectivity index (χ4n) is 2.82. The van der Waals surface area contributed by atoms with E-state index in [1.54, 1.807) is 9.36 Å². The molecule has 3 heterocycles. The first kappa shape index (κ1) is 13.8. The number of rotatable bonds is 4. The van der Waals surface area contributed by atoms with Crippen LogP contribution in [0.3, 0.4) is 0 Å². The lowest BCUT2D eigenvalue weighted by Crippen LogP contribution is -2.05. The number of aromatic nitrogens is 9. The molecule has 0 atom stereocenters. The molecule has 0 fully saturated rings. The smallest absolute Gasteiger partial charge is 0.172 e. The number of fused-ring (bicyclic) bond motifs is 2. The van der Waals surface area contributed by atoms with Crippen LogP contribution in [0, 0.1) is 0 Å². The molecule has 9 heteroatoms. The van der Waals surface area contributed by atoms with Crippen LogP contribution >= 0.6 is 0 Å². The fraction of sp³-hybridized carbons (Fsp3) is 0.125. The van der Waals surface area contributed by atoms with Crippen molar-refractivity contribution in [2.45, 2.75) is 13.1 Å². The van der Waals surface area contributed by atoms with E-state index in [9.17, 15) is 0 Å². The number of hydrogen-bond donors (Lipinski definition) is 1. The molecule has 0 saturated carbocycles. The van der Waals surface area contributed by atoms with Crippen molar-refractivity contribution < 1.29 is 0 Å². The summed E-state index contributed by atoms with van der Waals surface area (Å²) < 4.78 is 3.58. The van der Waals surface area contributed by atoms with Crippen molar-refractivity contribution >= 4 is 22.1 Å². The molecule has 25 heavy (non-hydrogen) atoms. The van der Waals surface area contributed by atoms with E-state index >= 15 is 0 Å². The van der Waals surface area contributed by atoms with E-state index in [1.165, 1.54) is 0 Å². The van der Waals surface area contributed by atoms with Gasteiger partial charge in [-0.25, -0.2) is 14.3 Å². The second kappa shape index (κ2) is 5.48. The van der Waals surface area contributed by atoms with Crippen molar-refractivity contribution in [2.75, 3.05) is 0 Å². The van der Waals surface area contributed by atoms with Crippen LogP contribution in [0.5, 0.6) is 0 Å². The SMILES string of the molecule is c1ccc2c(c1)nnn2Cc1n[nH]c(Cn2nnc3ccccc32)n1. The molecule has 5 aromatic rings. The lowest BCUT2D eigenvalue weighted by molar-refractivity contribution is 0.637. The van der Waals surface area contributed by atoms with Crippen LogP contribution < -0.4 is 0 Å². The largest absolute Gasteiger partial charge is 0.261 e. The highest BCUT2D eigenvalue weighted by atomic mass is 15.4. The zero-order chi connectivity index (χ0) is 16.6. The molecule has 0 amide bonds. The van der Waals surface area contributed by atoms with Crippen molar-refractivity contribution in [3.63, 3.8) is 0 Å². The number of benzene rings is 2. The van der Waals surface area contributed by atoms with Gasteiger partial charge in [0, 0.05) is 0 Å². The van der Waals surface area contributed by atoms with Gasteiger partial charge in [0.2, 0.25) is 0 Å². The summed E-state index contributed by atoms with van der Waals surface area (Å²) >= 11 is 0. The normalized spacial score (nSPS) is 11.5. The van der Waals surface area contributed by atoms with Crippen molar-refractivity contribution in [2.24, 2.45) is 0 Å². The Kier molecular flexibility index (Phi) is 3.02. The first-order valence-electron chi connectivity index (χ1n) is 7.83. The molecule has 0 radical (unpaired) electrons. The van der Waals surface area contributed by atoms with E-state index in [2.05, 4.69) is 35.8 Å². The third-order valence-electron chi connectivity index (χ3n) is 4.01. The lowest BCUT2D eigenvalue weighted by Gasteiger charge is -1.98. The molecular formula is C16H13N9. The van der Waals surface area contributed by atoms with Gasteiger partial charge in [-0.3, -0.25) is 5.10 Å². The molecule has 3 aromatic heterocycles. The van der Waals surface area contributed by atoms with Crippen molar-refractivity contribution in [1.82, 2.24) is 45.2 Å². The van der Waals surface area contributed by atoms with Gasteiger partial charge in [-0.2, -0.15) is 5.10 Å². The quantitative estimate of drug-likeness (QED) is 0.534. The highest BCUT2D eigenvalue weighted by Gasteiger charge is 2.10. The molecule has 1 N–H and O–H groups in total. The summed E-state index contributed by atoms with van der Waals surface area (Å²) in [6, 6.07) is 15.6. The minimum atomic E-state index is 0.453. The van der Waals surface area contributed by atoms with Gasteiger partial charge in [-0.05, 0) is 24.3 Å². The van der Waals surface area contributed by atoms with E-state index in [4.69, 9.17) is 0 Å². The molecule has 0 bridgehead atoms. The maximum absolute atomic E-state index is 4.53. The van der Waals surface area contributed by atoms with E-state index in [1.807, 2.05) is 48.5 Å². The van der Waals surface area contributed by atoms with E-state index in [-0.39, 0.29) is 0 Å². The van der Waals surface area contributed by atoms with E-state index < -0.39 is 0 Å². The van der Waals surface area contributed by atoms with Crippen molar-refractivity contribution in [1.29, 1.82) is 0 Å². The summed E-state index contributed by atoms with van der Waals surface area (Å²) in [6.07, 6.45) is 0. The zero-order valence-corrected chi connectivity index (χ0v) is 13.1. The van der Waals surface area contributed by atoms with E-state index in [0.717, 1.165) is 27.9 Å². The molecule has 0 unspecified atom stereocenters. The molecule has 0 saturated heterocycles. The van der Waals surface area contributed by atoms with Gasteiger partial charge in [0.1, 0.15) is 29.9 Å². The van der Waals surface area contributed by atoms with Crippen LogP contribution in [0.15, 0.2) is 48.5 Å². The predicted octanol–water partition coefficient (Wildman–Crippen LogP) is 1.39. The Balaban J connectivity index is 1.40. The summed E-state index contributed by atoms with van der Waals surface area (Å²) in [7, 11) is 0. The van der Waals surface area contributed by atoms with Gasteiger partial charge in [-0.15, -0.1) is 10.2 Å². The van der Waals surface area contributed by atoms with Crippen LogP contribution in [-0.4, -0.2) is 45.2 Å². The molecule has 0 aliphatic rings. The number of H-pyrrole nitrogens is 1. The van der Waals surface area contributed by atoms with Gasteiger partial charge >= 0.3 is 0 Å².